The average molecular weight is 438 g/mol. The average Bonchev–Trinajstić information content (AvgIpc) is 2.79. The predicted octanol–water partition coefficient (Wildman–Crippen LogP) is 4.39. The molecule has 4 N–H and O–H groups in total. The summed E-state index contributed by atoms with van der Waals surface area (Å²) in [4.78, 5) is 17.3. The standard InChI is InChI=1S/C23H21F3N6/c24-23(25,26)17-12-6-4-10-15(17)20-29-18-13-7-5-11-16(18)21(31-20)32-22(28)30-19(27)14-8-2-1-3-9-14/h1-4,6,8-10,12H,5,7,11,13H2,(H4,27,28,29,30,31,32). The molecule has 1 aromatic heterocycles. The zero-order valence-electron chi connectivity index (χ0n) is 17.1. The Morgan fingerprint density at radius 3 is 2.31 bits per heavy atom. The van der Waals surface area contributed by atoms with Gasteiger partial charge in [0.05, 0.1) is 5.56 Å². The molecule has 0 saturated carbocycles. The lowest BCUT2D eigenvalue weighted by molar-refractivity contribution is -0.137. The lowest BCUT2D eigenvalue weighted by atomic mass is 9.96. The summed E-state index contributed by atoms with van der Waals surface area (Å²) in [6.07, 6.45) is -1.43. The zero-order valence-corrected chi connectivity index (χ0v) is 17.1. The number of benzene rings is 2. The number of amidine groups is 1. The van der Waals surface area contributed by atoms with E-state index in [1.54, 1.807) is 12.1 Å². The number of aryl methyl sites for hydroxylation is 1. The first-order valence-corrected chi connectivity index (χ1v) is 10.1. The third-order valence-electron chi connectivity index (χ3n) is 5.16. The number of hydrogen-bond acceptors (Lipinski definition) is 3. The maximum atomic E-state index is 13.6. The highest BCUT2D eigenvalue weighted by molar-refractivity contribution is 6.04. The number of fused-ring (bicyclic) bond motifs is 1. The Labute approximate surface area is 183 Å². The van der Waals surface area contributed by atoms with Crippen molar-refractivity contribution in [3.05, 3.63) is 77.0 Å². The van der Waals surface area contributed by atoms with Crippen LogP contribution < -0.4 is 11.5 Å². The molecular weight excluding hydrogens is 417 g/mol. The quantitative estimate of drug-likeness (QED) is 0.468. The number of hydrogen-bond donors (Lipinski definition) is 2. The SMILES string of the molecule is NC(=Nc1nc(-c2ccccc2C(F)(F)F)nc2c1CCCC2)N=C(N)c1ccccc1. The molecule has 1 aliphatic rings. The predicted molar refractivity (Wildman–Crippen MR) is 118 cm³/mol. The van der Waals surface area contributed by atoms with Gasteiger partial charge in [-0.15, -0.1) is 0 Å². The van der Waals surface area contributed by atoms with Crippen LogP contribution in [0.1, 0.15) is 35.2 Å². The number of aromatic nitrogens is 2. The highest BCUT2D eigenvalue weighted by atomic mass is 19.4. The molecule has 0 aliphatic heterocycles. The maximum Gasteiger partial charge on any atom is 0.417 e. The largest absolute Gasteiger partial charge is 0.417 e. The fraction of sp³-hybridized carbons (Fsp3) is 0.217. The van der Waals surface area contributed by atoms with Crippen LogP contribution in [0.15, 0.2) is 64.6 Å². The van der Waals surface area contributed by atoms with Crippen molar-refractivity contribution in [1.29, 1.82) is 0 Å². The number of rotatable bonds is 3. The minimum absolute atomic E-state index is 0.0369. The molecule has 0 bridgehead atoms. The van der Waals surface area contributed by atoms with Crippen LogP contribution in [-0.4, -0.2) is 21.8 Å². The molecule has 0 saturated heterocycles. The Balaban J connectivity index is 1.81. The van der Waals surface area contributed by atoms with E-state index in [1.165, 1.54) is 18.2 Å². The van der Waals surface area contributed by atoms with Crippen LogP contribution in [0.3, 0.4) is 0 Å². The van der Waals surface area contributed by atoms with Gasteiger partial charge in [0, 0.05) is 22.4 Å². The lowest BCUT2D eigenvalue weighted by Crippen LogP contribution is -2.19. The summed E-state index contributed by atoms with van der Waals surface area (Å²) in [6.45, 7) is 0. The molecule has 2 aromatic carbocycles. The highest BCUT2D eigenvalue weighted by Crippen LogP contribution is 2.37. The van der Waals surface area contributed by atoms with Gasteiger partial charge < -0.3 is 11.5 Å². The Morgan fingerprint density at radius 1 is 0.875 bits per heavy atom. The second kappa shape index (κ2) is 8.78. The smallest absolute Gasteiger partial charge is 0.383 e. The van der Waals surface area contributed by atoms with Crippen molar-refractivity contribution in [1.82, 2.24) is 9.97 Å². The van der Waals surface area contributed by atoms with Crippen molar-refractivity contribution in [3.63, 3.8) is 0 Å². The van der Waals surface area contributed by atoms with Gasteiger partial charge in [0.15, 0.2) is 11.6 Å². The molecule has 0 radical (unpaired) electrons. The van der Waals surface area contributed by atoms with Gasteiger partial charge in [-0.3, -0.25) is 0 Å². The summed E-state index contributed by atoms with van der Waals surface area (Å²) in [5.41, 5.74) is 13.3. The molecule has 0 unspecified atom stereocenters. The van der Waals surface area contributed by atoms with E-state index >= 15 is 0 Å². The lowest BCUT2D eigenvalue weighted by Gasteiger charge is -2.18. The molecule has 0 spiro atoms. The van der Waals surface area contributed by atoms with Crippen molar-refractivity contribution >= 4 is 17.6 Å². The number of aliphatic imine (C=N–C) groups is 2. The summed E-state index contributed by atoms with van der Waals surface area (Å²) >= 11 is 0. The molecule has 0 amide bonds. The number of guanidine groups is 1. The topological polar surface area (TPSA) is 103 Å². The molecule has 9 heteroatoms. The van der Waals surface area contributed by atoms with Crippen LogP contribution in [0.4, 0.5) is 19.0 Å². The molecule has 4 rings (SSSR count). The van der Waals surface area contributed by atoms with Crippen molar-refractivity contribution in [3.8, 4) is 11.4 Å². The number of nitrogens with zero attached hydrogens (tertiary/aromatic N) is 4. The fourth-order valence-electron chi connectivity index (χ4n) is 3.64. The highest BCUT2D eigenvalue weighted by Gasteiger charge is 2.34. The second-order valence-electron chi connectivity index (χ2n) is 7.38. The van der Waals surface area contributed by atoms with Gasteiger partial charge in [0.1, 0.15) is 5.84 Å². The molecule has 3 aromatic rings. The molecule has 1 heterocycles. The number of alkyl halides is 3. The first kappa shape index (κ1) is 21.5. The van der Waals surface area contributed by atoms with E-state index in [4.69, 9.17) is 11.5 Å². The van der Waals surface area contributed by atoms with Crippen LogP contribution in [0.25, 0.3) is 11.4 Å². The minimum Gasteiger partial charge on any atom is -0.383 e. The van der Waals surface area contributed by atoms with Crippen molar-refractivity contribution < 1.29 is 13.2 Å². The molecular formula is C23H21F3N6. The molecule has 0 atom stereocenters. The first-order chi connectivity index (χ1) is 15.3. The van der Waals surface area contributed by atoms with Gasteiger partial charge in [-0.25, -0.2) is 9.97 Å². The summed E-state index contributed by atoms with van der Waals surface area (Å²) < 4.78 is 40.7. The van der Waals surface area contributed by atoms with E-state index in [-0.39, 0.29) is 29.0 Å². The molecule has 1 aliphatic carbocycles. The second-order valence-corrected chi connectivity index (χ2v) is 7.38. The van der Waals surface area contributed by atoms with Crippen LogP contribution in [-0.2, 0) is 19.0 Å². The van der Waals surface area contributed by atoms with Crippen LogP contribution in [0, 0.1) is 0 Å². The summed E-state index contributed by atoms with van der Waals surface area (Å²) in [6, 6.07) is 14.3. The van der Waals surface area contributed by atoms with Crippen LogP contribution in [0.2, 0.25) is 0 Å². The van der Waals surface area contributed by atoms with Gasteiger partial charge in [-0.2, -0.15) is 23.2 Å². The molecule has 6 nitrogen and oxygen atoms in total. The van der Waals surface area contributed by atoms with E-state index in [2.05, 4.69) is 20.0 Å². The van der Waals surface area contributed by atoms with Crippen LogP contribution in [0.5, 0.6) is 0 Å². The Bertz CT molecular complexity index is 1190. The normalized spacial score (nSPS) is 14.8. The number of nitrogens with two attached hydrogens (primary N) is 2. The van der Waals surface area contributed by atoms with Crippen LogP contribution >= 0.6 is 0 Å². The first-order valence-electron chi connectivity index (χ1n) is 10.1. The molecule has 0 fully saturated rings. The monoisotopic (exact) mass is 438 g/mol. The van der Waals surface area contributed by atoms with Crippen molar-refractivity contribution in [2.45, 2.75) is 31.9 Å². The Hall–Kier alpha value is -3.75. The summed E-state index contributed by atoms with van der Waals surface area (Å²) in [5, 5.41) is 0. The van der Waals surface area contributed by atoms with Gasteiger partial charge in [0.2, 0.25) is 5.96 Å². The summed E-state index contributed by atoms with van der Waals surface area (Å²) in [5.74, 6) is 0.235. The van der Waals surface area contributed by atoms with E-state index < -0.39 is 11.7 Å². The Kier molecular flexibility index (Phi) is 5.89. The van der Waals surface area contributed by atoms with E-state index in [0.717, 1.165) is 24.5 Å². The Morgan fingerprint density at radius 2 is 1.56 bits per heavy atom. The summed E-state index contributed by atoms with van der Waals surface area (Å²) in [7, 11) is 0. The van der Waals surface area contributed by atoms with Crippen molar-refractivity contribution in [2.24, 2.45) is 21.5 Å². The van der Waals surface area contributed by atoms with E-state index in [9.17, 15) is 13.2 Å². The van der Waals surface area contributed by atoms with Gasteiger partial charge >= 0.3 is 6.18 Å². The van der Waals surface area contributed by atoms with Gasteiger partial charge in [-0.05, 0) is 31.7 Å². The van der Waals surface area contributed by atoms with E-state index in [0.29, 0.717) is 24.1 Å². The molecule has 32 heavy (non-hydrogen) atoms. The van der Waals surface area contributed by atoms with E-state index in [1.807, 2.05) is 18.2 Å². The molecule has 164 valence electrons. The van der Waals surface area contributed by atoms with Crippen molar-refractivity contribution in [2.75, 3.05) is 0 Å². The third-order valence-corrected chi connectivity index (χ3v) is 5.16. The maximum absolute atomic E-state index is 13.6. The van der Waals surface area contributed by atoms with Gasteiger partial charge in [0.25, 0.3) is 0 Å². The third kappa shape index (κ3) is 4.61. The number of halogens is 3. The van der Waals surface area contributed by atoms with Gasteiger partial charge in [-0.1, -0.05) is 48.5 Å². The minimum atomic E-state index is -4.53. The zero-order chi connectivity index (χ0) is 22.7. The fourth-order valence-corrected chi connectivity index (χ4v) is 3.64.